The van der Waals surface area contributed by atoms with Gasteiger partial charge < -0.3 is 15.0 Å². The smallest absolute Gasteiger partial charge is 0.306 e. The summed E-state index contributed by atoms with van der Waals surface area (Å²) in [4.78, 5) is 18.7. The van der Waals surface area contributed by atoms with E-state index in [1.54, 1.807) is 0 Å². The molecule has 5 heteroatoms. The maximum absolute atomic E-state index is 11.6. The third-order valence-electron chi connectivity index (χ3n) is 3.71. The summed E-state index contributed by atoms with van der Waals surface area (Å²) < 4.78 is 5.31. The predicted octanol–water partition coefficient (Wildman–Crippen LogP) is 3.34. The van der Waals surface area contributed by atoms with Crippen LogP contribution < -0.4 is 5.32 Å². The number of nitrogens with zero attached hydrogens (tertiary/aromatic N) is 2. The fourth-order valence-corrected chi connectivity index (χ4v) is 2.67. The number of aliphatic imine (C=N–C) groups is 1. The summed E-state index contributed by atoms with van der Waals surface area (Å²) in [5.74, 6) is 0.984. The molecule has 1 heterocycles. The van der Waals surface area contributed by atoms with E-state index in [-0.39, 0.29) is 11.6 Å². The minimum absolute atomic E-state index is 0.0843. The van der Waals surface area contributed by atoms with Gasteiger partial charge in [0.05, 0.1) is 0 Å². The average Bonchev–Trinajstić information content (AvgIpc) is 2.97. The Labute approximate surface area is 141 Å². The van der Waals surface area contributed by atoms with Gasteiger partial charge in [0.25, 0.3) is 0 Å². The van der Waals surface area contributed by atoms with Crippen LogP contribution in [0.3, 0.4) is 0 Å². The van der Waals surface area contributed by atoms with Crippen molar-refractivity contribution in [2.24, 2.45) is 4.99 Å². The van der Waals surface area contributed by atoms with E-state index in [0.717, 1.165) is 57.8 Å². The molecule has 0 atom stereocenters. The first-order valence-corrected chi connectivity index (χ1v) is 9.17. The molecule has 1 rings (SSSR count). The quantitative estimate of drug-likeness (QED) is 0.322. The van der Waals surface area contributed by atoms with Gasteiger partial charge in [-0.2, -0.15) is 0 Å². The van der Waals surface area contributed by atoms with Gasteiger partial charge in [0, 0.05) is 32.6 Å². The summed E-state index contributed by atoms with van der Waals surface area (Å²) in [5.41, 5.74) is -0.371. The summed E-state index contributed by atoms with van der Waals surface area (Å²) in [5, 5.41) is 3.38. The molecule has 0 amide bonds. The lowest BCUT2D eigenvalue weighted by atomic mass is 10.1. The van der Waals surface area contributed by atoms with Crippen molar-refractivity contribution in [1.82, 2.24) is 10.2 Å². The number of esters is 1. The maximum Gasteiger partial charge on any atom is 0.306 e. The largest absolute Gasteiger partial charge is 0.460 e. The topological polar surface area (TPSA) is 53.9 Å². The van der Waals surface area contributed by atoms with Gasteiger partial charge in [0.2, 0.25) is 0 Å². The molecule has 0 aliphatic carbocycles. The number of carbonyl (C=O) groups excluding carboxylic acids is 1. The number of rotatable bonds is 8. The van der Waals surface area contributed by atoms with Crippen molar-refractivity contribution in [3.8, 4) is 0 Å². The van der Waals surface area contributed by atoms with E-state index in [2.05, 4.69) is 17.1 Å². The van der Waals surface area contributed by atoms with Gasteiger partial charge in [0.1, 0.15) is 5.60 Å². The predicted molar refractivity (Wildman–Crippen MR) is 95.7 cm³/mol. The van der Waals surface area contributed by atoms with Gasteiger partial charge in [-0.05, 0) is 53.4 Å². The van der Waals surface area contributed by atoms with Gasteiger partial charge in [-0.3, -0.25) is 9.79 Å². The van der Waals surface area contributed by atoms with Crippen LogP contribution in [0, 0.1) is 0 Å². The van der Waals surface area contributed by atoms with Crippen LogP contribution >= 0.6 is 0 Å². The van der Waals surface area contributed by atoms with Gasteiger partial charge in [-0.15, -0.1) is 0 Å². The second-order valence-electron chi connectivity index (χ2n) is 7.18. The standard InChI is InChI=1S/C18H35N3O2/c1-5-19-17(21-14-10-11-15-21)20-13-9-7-6-8-12-16(22)23-18(2,3)4/h5-15H2,1-4H3,(H,19,20). The molecule has 1 fully saturated rings. The molecule has 0 spiro atoms. The van der Waals surface area contributed by atoms with Crippen LogP contribution in [-0.4, -0.2) is 48.6 Å². The first kappa shape index (κ1) is 19.8. The molecule has 1 N–H and O–H groups in total. The Bertz CT molecular complexity index is 369. The summed E-state index contributed by atoms with van der Waals surface area (Å²) >= 11 is 0. The zero-order valence-corrected chi connectivity index (χ0v) is 15.5. The highest BCUT2D eigenvalue weighted by Gasteiger charge is 2.16. The highest BCUT2D eigenvalue weighted by atomic mass is 16.6. The lowest BCUT2D eigenvalue weighted by Gasteiger charge is -2.20. The molecular formula is C18H35N3O2. The zero-order valence-electron chi connectivity index (χ0n) is 15.5. The van der Waals surface area contributed by atoms with E-state index in [1.807, 2.05) is 20.8 Å². The summed E-state index contributed by atoms with van der Waals surface area (Å²) in [7, 11) is 0. The Morgan fingerprint density at radius 2 is 1.78 bits per heavy atom. The molecule has 5 nitrogen and oxygen atoms in total. The van der Waals surface area contributed by atoms with Gasteiger partial charge >= 0.3 is 5.97 Å². The van der Waals surface area contributed by atoms with Crippen LogP contribution in [0.2, 0.25) is 0 Å². The molecule has 0 bridgehead atoms. The highest BCUT2D eigenvalue weighted by molar-refractivity contribution is 5.80. The molecule has 0 aromatic carbocycles. The van der Waals surface area contributed by atoms with E-state index >= 15 is 0 Å². The van der Waals surface area contributed by atoms with Crippen LogP contribution in [-0.2, 0) is 9.53 Å². The van der Waals surface area contributed by atoms with Crippen LogP contribution in [0.25, 0.3) is 0 Å². The monoisotopic (exact) mass is 325 g/mol. The number of nitrogens with one attached hydrogen (secondary N) is 1. The van der Waals surface area contributed by atoms with Crippen LogP contribution in [0.15, 0.2) is 4.99 Å². The van der Waals surface area contributed by atoms with Gasteiger partial charge in [-0.1, -0.05) is 12.8 Å². The first-order valence-electron chi connectivity index (χ1n) is 9.17. The summed E-state index contributed by atoms with van der Waals surface area (Å²) in [6, 6.07) is 0. The molecule has 23 heavy (non-hydrogen) atoms. The van der Waals surface area contributed by atoms with E-state index < -0.39 is 0 Å². The highest BCUT2D eigenvalue weighted by Crippen LogP contribution is 2.11. The number of unbranched alkanes of at least 4 members (excludes halogenated alkanes) is 3. The fraction of sp³-hybridized carbons (Fsp3) is 0.889. The Kier molecular flexibility index (Phi) is 9.03. The molecule has 1 saturated heterocycles. The SMILES string of the molecule is CCNC(=NCCCCCCC(=O)OC(C)(C)C)N1CCCC1. The number of carbonyl (C=O) groups is 1. The lowest BCUT2D eigenvalue weighted by molar-refractivity contribution is -0.154. The Balaban J connectivity index is 2.11. The summed E-state index contributed by atoms with van der Waals surface area (Å²) in [6.45, 7) is 11.9. The maximum atomic E-state index is 11.6. The second kappa shape index (κ2) is 10.5. The lowest BCUT2D eigenvalue weighted by Crippen LogP contribution is -2.39. The Morgan fingerprint density at radius 3 is 2.39 bits per heavy atom. The molecule has 0 aromatic rings. The average molecular weight is 325 g/mol. The van der Waals surface area contributed by atoms with Crippen molar-refractivity contribution in [1.29, 1.82) is 0 Å². The van der Waals surface area contributed by atoms with E-state index in [0.29, 0.717) is 6.42 Å². The third-order valence-corrected chi connectivity index (χ3v) is 3.71. The van der Waals surface area contributed by atoms with Crippen molar-refractivity contribution >= 4 is 11.9 Å². The Morgan fingerprint density at radius 1 is 1.13 bits per heavy atom. The molecule has 1 aliphatic heterocycles. The number of hydrogen-bond acceptors (Lipinski definition) is 3. The van der Waals surface area contributed by atoms with Crippen molar-refractivity contribution < 1.29 is 9.53 Å². The number of ether oxygens (including phenoxy) is 1. The Hall–Kier alpha value is -1.26. The molecule has 0 unspecified atom stereocenters. The molecular weight excluding hydrogens is 290 g/mol. The summed E-state index contributed by atoms with van der Waals surface area (Å²) in [6.07, 6.45) is 7.24. The molecule has 0 aromatic heterocycles. The minimum atomic E-state index is -0.371. The minimum Gasteiger partial charge on any atom is -0.460 e. The normalized spacial score (nSPS) is 15.8. The molecule has 134 valence electrons. The molecule has 0 radical (unpaired) electrons. The number of hydrogen-bond donors (Lipinski definition) is 1. The molecule has 1 aliphatic rings. The van der Waals surface area contributed by atoms with Crippen molar-refractivity contribution in [3.05, 3.63) is 0 Å². The molecule has 0 saturated carbocycles. The number of likely N-dealkylation sites (tertiary alicyclic amines) is 1. The van der Waals surface area contributed by atoms with Crippen LogP contribution in [0.1, 0.15) is 72.6 Å². The van der Waals surface area contributed by atoms with Crippen molar-refractivity contribution in [2.45, 2.75) is 78.2 Å². The van der Waals surface area contributed by atoms with Crippen LogP contribution in [0.4, 0.5) is 0 Å². The van der Waals surface area contributed by atoms with Crippen molar-refractivity contribution in [2.75, 3.05) is 26.2 Å². The first-order chi connectivity index (χ1) is 10.9. The van der Waals surface area contributed by atoms with Gasteiger partial charge in [-0.25, -0.2) is 0 Å². The third kappa shape index (κ3) is 9.47. The van der Waals surface area contributed by atoms with Crippen LogP contribution in [0.5, 0.6) is 0 Å². The van der Waals surface area contributed by atoms with E-state index in [9.17, 15) is 4.79 Å². The fourth-order valence-electron chi connectivity index (χ4n) is 2.67. The van der Waals surface area contributed by atoms with E-state index in [1.165, 1.54) is 12.8 Å². The van der Waals surface area contributed by atoms with Crippen molar-refractivity contribution in [3.63, 3.8) is 0 Å². The number of guanidine groups is 1. The van der Waals surface area contributed by atoms with Gasteiger partial charge in [0.15, 0.2) is 5.96 Å². The van der Waals surface area contributed by atoms with E-state index in [4.69, 9.17) is 9.73 Å². The second-order valence-corrected chi connectivity index (χ2v) is 7.18. The zero-order chi connectivity index (χ0) is 17.1.